The molecule has 27 heavy (non-hydrogen) atoms. The highest BCUT2D eigenvalue weighted by atomic mass is 16.6. The Bertz CT molecular complexity index is 883. The molecule has 0 unspecified atom stereocenters. The van der Waals surface area contributed by atoms with Crippen molar-refractivity contribution in [3.05, 3.63) is 36.8 Å². The topological polar surface area (TPSA) is 142 Å². The fraction of sp³-hybridized carbons (Fsp3) is 0.471. The molecule has 144 valence electrons. The monoisotopic (exact) mass is 375 g/mol. The average molecular weight is 375 g/mol. The first-order valence-electron chi connectivity index (χ1n) is 8.70. The highest BCUT2D eigenvalue weighted by Gasteiger charge is 2.45. The van der Waals surface area contributed by atoms with Crippen LogP contribution in [0.1, 0.15) is 18.4 Å². The molecule has 1 aliphatic heterocycles. The van der Waals surface area contributed by atoms with E-state index in [1.165, 1.54) is 12.7 Å². The number of rotatable bonds is 7. The van der Waals surface area contributed by atoms with Gasteiger partial charge in [-0.05, 0) is 18.6 Å². The Morgan fingerprint density at radius 3 is 2.96 bits per heavy atom. The van der Waals surface area contributed by atoms with E-state index < -0.39 is 24.5 Å². The van der Waals surface area contributed by atoms with Crippen LogP contribution in [0.4, 0.5) is 5.82 Å². The molecule has 0 aromatic carbocycles. The molecule has 1 aliphatic rings. The number of aliphatic hydroxyl groups is 2. The van der Waals surface area contributed by atoms with Crippen LogP contribution in [0.5, 0.6) is 0 Å². The number of aromatic nitrogens is 4. The zero-order chi connectivity index (χ0) is 18.8. The largest absolute Gasteiger partial charge is 0.469 e. The fourth-order valence-electron chi connectivity index (χ4n) is 3.25. The Kier molecular flexibility index (Phi) is 5.03. The number of anilines is 1. The molecule has 0 spiro atoms. The number of nitrogens with two attached hydrogens (primary N) is 1. The summed E-state index contributed by atoms with van der Waals surface area (Å²) in [6.07, 6.45) is 2.80. The molecule has 4 heterocycles. The summed E-state index contributed by atoms with van der Waals surface area (Å²) in [7, 11) is 0. The number of imidazole rings is 1. The van der Waals surface area contributed by atoms with Crippen molar-refractivity contribution in [2.75, 3.05) is 18.9 Å². The van der Waals surface area contributed by atoms with Crippen LogP contribution in [0.2, 0.25) is 0 Å². The third-order valence-electron chi connectivity index (χ3n) is 4.61. The molecule has 1 saturated heterocycles. The average Bonchev–Trinajstić information content (AvgIpc) is 3.39. The van der Waals surface area contributed by atoms with Crippen LogP contribution >= 0.6 is 0 Å². The number of aryl methyl sites for hydroxylation is 1. The molecule has 10 heteroatoms. The normalized spacial score (nSPS) is 25.4. The van der Waals surface area contributed by atoms with Gasteiger partial charge in [0.15, 0.2) is 17.7 Å². The molecule has 3 aromatic heterocycles. The fourth-order valence-corrected chi connectivity index (χ4v) is 3.25. The number of hydrogen-bond donors (Lipinski definition) is 3. The number of aliphatic hydroxyl groups excluding tert-OH is 2. The lowest BCUT2D eigenvalue weighted by Gasteiger charge is -2.22. The van der Waals surface area contributed by atoms with Gasteiger partial charge >= 0.3 is 0 Å². The molecule has 0 saturated carbocycles. The number of furan rings is 1. The van der Waals surface area contributed by atoms with Gasteiger partial charge in [-0.15, -0.1) is 0 Å². The summed E-state index contributed by atoms with van der Waals surface area (Å²) in [6, 6.07) is 3.74. The summed E-state index contributed by atoms with van der Waals surface area (Å²) in [5.41, 5.74) is 6.75. The van der Waals surface area contributed by atoms with Crippen LogP contribution in [0.25, 0.3) is 11.2 Å². The van der Waals surface area contributed by atoms with E-state index in [9.17, 15) is 10.2 Å². The Balaban J connectivity index is 1.51. The summed E-state index contributed by atoms with van der Waals surface area (Å²) in [5, 5.41) is 20.0. The third kappa shape index (κ3) is 3.39. The maximum atomic E-state index is 10.5. The molecule has 0 aliphatic carbocycles. The Hall–Kier alpha value is -2.53. The number of nitrogen functional groups attached to an aromatic ring is 1. The van der Waals surface area contributed by atoms with Crippen LogP contribution in [0.15, 0.2) is 35.5 Å². The Morgan fingerprint density at radius 2 is 2.19 bits per heavy atom. The summed E-state index contributed by atoms with van der Waals surface area (Å²) in [5.74, 6) is 1.13. The lowest BCUT2D eigenvalue weighted by Crippen LogP contribution is -2.35. The predicted octanol–water partition coefficient (Wildman–Crippen LogP) is 0.270. The van der Waals surface area contributed by atoms with Gasteiger partial charge in [0.2, 0.25) is 0 Å². The highest BCUT2D eigenvalue weighted by Crippen LogP contribution is 2.34. The van der Waals surface area contributed by atoms with Crippen molar-refractivity contribution in [2.24, 2.45) is 0 Å². The molecule has 3 aromatic rings. The van der Waals surface area contributed by atoms with E-state index in [-0.39, 0.29) is 12.4 Å². The molecule has 0 bridgehead atoms. The molecule has 1 fully saturated rings. The zero-order valence-electron chi connectivity index (χ0n) is 14.5. The molecule has 0 radical (unpaired) electrons. The Labute approximate surface area is 154 Å². The SMILES string of the molecule is Nc1ncnc2c1ncn2[C@@H]1O[C@H](CO)[C@@H](O)[C@H]1OCCCc1ccco1. The van der Waals surface area contributed by atoms with Crippen molar-refractivity contribution in [2.45, 2.75) is 37.4 Å². The van der Waals surface area contributed by atoms with Crippen LogP contribution in [-0.2, 0) is 15.9 Å². The van der Waals surface area contributed by atoms with Crippen molar-refractivity contribution in [1.82, 2.24) is 19.5 Å². The van der Waals surface area contributed by atoms with Crippen LogP contribution in [0.3, 0.4) is 0 Å². The first kappa shape index (κ1) is 17.9. The molecule has 4 rings (SSSR count). The van der Waals surface area contributed by atoms with Gasteiger partial charge in [-0.1, -0.05) is 0 Å². The zero-order valence-corrected chi connectivity index (χ0v) is 14.5. The minimum absolute atomic E-state index is 0.256. The van der Waals surface area contributed by atoms with Gasteiger partial charge in [-0.2, -0.15) is 0 Å². The van der Waals surface area contributed by atoms with E-state index in [4.69, 9.17) is 19.6 Å². The van der Waals surface area contributed by atoms with E-state index in [1.807, 2.05) is 12.1 Å². The van der Waals surface area contributed by atoms with Gasteiger partial charge in [0.05, 0.1) is 19.2 Å². The molecular weight excluding hydrogens is 354 g/mol. The van der Waals surface area contributed by atoms with E-state index >= 15 is 0 Å². The van der Waals surface area contributed by atoms with E-state index in [0.717, 1.165) is 12.2 Å². The minimum atomic E-state index is -0.986. The van der Waals surface area contributed by atoms with Crippen molar-refractivity contribution < 1.29 is 24.1 Å². The van der Waals surface area contributed by atoms with Crippen molar-refractivity contribution >= 4 is 17.0 Å². The molecule has 4 N–H and O–H groups in total. The Morgan fingerprint density at radius 1 is 1.30 bits per heavy atom. The summed E-state index contributed by atoms with van der Waals surface area (Å²) < 4.78 is 18.7. The summed E-state index contributed by atoms with van der Waals surface area (Å²) >= 11 is 0. The molecular formula is C17H21N5O5. The van der Waals surface area contributed by atoms with Gasteiger partial charge in [0.1, 0.15) is 35.9 Å². The molecule has 10 nitrogen and oxygen atoms in total. The summed E-state index contributed by atoms with van der Waals surface area (Å²) in [6.45, 7) is 0.0673. The van der Waals surface area contributed by atoms with E-state index in [1.54, 1.807) is 10.8 Å². The number of nitrogens with zero attached hydrogens (tertiary/aromatic N) is 4. The van der Waals surface area contributed by atoms with E-state index in [2.05, 4.69) is 15.0 Å². The van der Waals surface area contributed by atoms with Crippen LogP contribution < -0.4 is 5.73 Å². The number of fused-ring (bicyclic) bond motifs is 1. The lowest BCUT2D eigenvalue weighted by molar-refractivity contribution is -0.0709. The first-order valence-corrected chi connectivity index (χ1v) is 8.70. The number of ether oxygens (including phenoxy) is 2. The van der Waals surface area contributed by atoms with Crippen molar-refractivity contribution in [3.8, 4) is 0 Å². The second-order valence-corrected chi connectivity index (χ2v) is 6.34. The highest BCUT2D eigenvalue weighted by molar-refractivity contribution is 5.81. The standard InChI is InChI=1S/C17H21N5O5/c18-15-12-16(20-8-19-15)22(9-21-12)17-14(13(24)11(7-23)27-17)26-6-2-4-10-3-1-5-25-10/h1,3,5,8-9,11,13-14,17,23-24H,2,4,6-7H2,(H2,18,19,20)/t11-,13-,14-,17-/m1/s1. The molecule has 4 atom stereocenters. The van der Waals surface area contributed by atoms with Crippen LogP contribution in [-0.4, -0.2) is 61.3 Å². The van der Waals surface area contributed by atoms with Gasteiger partial charge < -0.3 is 29.8 Å². The second-order valence-electron chi connectivity index (χ2n) is 6.34. The van der Waals surface area contributed by atoms with Gasteiger partial charge in [0.25, 0.3) is 0 Å². The predicted molar refractivity (Wildman–Crippen MR) is 93.5 cm³/mol. The van der Waals surface area contributed by atoms with Gasteiger partial charge in [-0.3, -0.25) is 4.57 Å². The third-order valence-corrected chi connectivity index (χ3v) is 4.61. The van der Waals surface area contributed by atoms with Crippen LogP contribution in [0, 0.1) is 0 Å². The molecule has 0 amide bonds. The quantitative estimate of drug-likeness (QED) is 0.496. The summed E-state index contributed by atoms with van der Waals surface area (Å²) in [4.78, 5) is 12.3. The van der Waals surface area contributed by atoms with E-state index in [0.29, 0.717) is 24.2 Å². The van der Waals surface area contributed by atoms with Gasteiger partial charge in [-0.25, -0.2) is 15.0 Å². The van der Waals surface area contributed by atoms with Crippen molar-refractivity contribution in [3.63, 3.8) is 0 Å². The number of hydrogen-bond acceptors (Lipinski definition) is 9. The minimum Gasteiger partial charge on any atom is -0.469 e. The lowest BCUT2D eigenvalue weighted by atomic mass is 10.1. The maximum Gasteiger partial charge on any atom is 0.167 e. The maximum absolute atomic E-state index is 10.5. The first-order chi connectivity index (χ1) is 13.2. The van der Waals surface area contributed by atoms with Crippen molar-refractivity contribution in [1.29, 1.82) is 0 Å². The smallest absolute Gasteiger partial charge is 0.167 e. The van der Waals surface area contributed by atoms with Gasteiger partial charge in [0, 0.05) is 13.0 Å². The second kappa shape index (κ2) is 7.61.